The zero-order chi connectivity index (χ0) is 7.84. The van der Waals surface area contributed by atoms with Crippen molar-refractivity contribution >= 4 is 5.91 Å². The Balaban J connectivity index is 2.37. The third kappa shape index (κ3) is 0.894. The summed E-state index contributed by atoms with van der Waals surface area (Å²) in [6.07, 6.45) is 3.45. The minimum atomic E-state index is -0.0736. The van der Waals surface area contributed by atoms with Gasteiger partial charge in [-0.1, -0.05) is 0 Å². The first kappa shape index (κ1) is 6.36. The Hall–Kier alpha value is -1.36. The molecule has 1 aromatic rings. The average molecular weight is 152 g/mol. The number of nitrogens with two attached hydrogens (primary N) is 1. The van der Waals surface area contributed by atoms with Crippen molar-refractivity contribution in [1.29, 1.82) is 0 Å². The van der Waals surface area contributed by atoms with Gasteiger partial charge in [0.15, 0.2) is 0 Å². The summed E-state index contributed by atoms with van der Waals surface area (Å²) in [7, 11) is 0. The summed E-state index contributed by atoms with van der Waals surface area (Å²) in [6, 6.07) is 0. The van der Waals surface area contributed by atoms with Crippen molar-refractivity contribution in [2.75, 3.05) is 0 Å². The van der Waals surface area contributed by atoms with Crippen LogP contribution in [0.1, 0.15) is 5.82 Å². The van der Waals surface area contributed by atoms with E-state index in [1.807, 2.05) is 0 Å². The van der Waals surface area contributed by atoms with Crippen LogP contribution in [0.2, 0.25) is 0 Å². The van der Waals surface area contributed by atoms with Crippen LogP contribution in [0.3, 0.4) is 0 Å². The normalized spacial score (nSPS) is 16.8. The Labute approximate surface area is 63.4 Å². The van der Waals surface area contributed by atoms with E-state index in [-0.39, 0.29) is 5.91 Å². The minimum Gasteiger partial charge on any atom is -0.324 e. The van der Waals surface area contributed by atoms with Crippen LogP contribution in [0.5, 0.6) is 0 Å². The molecule has 0 bridgehead atoms. The van der Waals surface area contributed by atoms with Crippen molar-refractivity contribution in [1.82, 2.24) is 14.6 Å². The molecule has 0 atom stereocenters. The number of fused-ring (bicyclic) bond motifs is 1. The lowest BCUT2D eigenvalue weighted by molar-refractivity contribution is -0.134. The van der Waals surface area contributed by atoms with Gasteiger partial charge in [0.25, 0.3) is 5.91 Å². The lowest BCUT2D eigenvalue weighted by Crippen LogP contribution is -2.43. The van der Waals surface area contributed by atoms with Crippen LogP contribution in [-0.4, -0.2) is 20.5 Å². The molecule has 0 unspecified atom stereocenters. The summed E-state index contributed by atoms with van der Waals surface area (Å²) in [5.41, 5.74) is 0. The third-order valence-corrected chi connectivity index (χ3v) is 1.74. The number of amides is 1. The molecule has 0 fully saturated rings. The highest BCUT2D eigenvalue weighted by atomic mass is 16.2. The maximum Gasteiger partial charge on any atom is 0.256 e. The maximum atomic E-state index is 11.0. The van der Waals surface area contributed by atoms with Gasteiger partial charge in [-0.2, -0.15) is 0 Å². The lowest BCUT2D eigenvalue weighted by atomic mass is 10.4. The second-order valence-corrected chi connectivity index (χ2v) is 2.49. The number of nitrogens with zero attached hydrogens (tertiary/aromatic N) is 3. The highest BCUT2D eigenvalue weighted by Crippen LogP contribution is 2.06. The van der Waals surface area contributed by atoms with Crippen LogP contribution in [0.15, 0.2) is 12.4 Å². The summed E-state index contributed by atoms with van der Waals surface area (Å²) in [5, 5.41) is 1.18. The van der Waals surface area contributed by atoms with Gasteiger partial charge in [0.05, 0.1) is 6.54 Å². The van der Waals surface area contributed by atoms with Crippen molar-refractivity contribution in [3.8, 4) is 0 Å². The van der Waals surface area contributed by atoms with Crippen LogP contribution in [-0.2, 0) is 17.9 Å². The molecule has 58 valence electrons. The Morgan fingerprint density at radius 2 is 2.36 bits per heavy atom. The smallest absolute Gasteiger partial charge is 0.256 e. The Morgan fingerprint density at radius 3 is 3.18 bits per heavy atom. The van der Waals surface area contributed by atoms with Gasteiger partial charge in [-0.3, -0.25) is 9.80 Å². The molecule has 0 aromatic carbocycles. The highest BCUT2D eigenvalue weighted by Gasteiger charge is 2.19. The van der Waals surface area contributed by atoms with Crippen molar-refractivity contribution in [3.63, 3.8) is 0 Å². The van der Waals surface area contributed by atoms with E-state index in [1.54, 1.807) is 17.0 Å². The molecule has 5 nitrogen and oxygen atoms in total. The molecule has 1 aliphatic heterocycles. The van der Waals surface area contributed by atoms with Gasteiger partial charge >= 0.3 is 0 Å². The monoisotopic (exact) mass is 152 g/mol. The first-order valence-corrected chi connectivity index (χ1v) is 3.32. The van der Waals surface area contributed by atoms with Crippen molar-refractivity contribution in [2.45, 2.75) is 13.1 Å². The summed E-state index contributed by atoms with van der Waals surface area (Å²) in [4.78, 5) is 15.0. The number of aromatic nitrogens is 2. The number of rotatable bonds is 0. The Bertz CT molecular complexity index is 293. The number of carbonyl (C=O) groups excluding carboxylic acids is 1. The largest absolute Gasteiger partial charge is 0.324 e. The molecular weight excluding hydrogens is 144 g/mol. The van der Waals surface area contributed by atoms with Crippen LogP contribution in [0.4, 0.5) is 0 Å². The van der Waals surface area contributed by atoms with E-state index in [2.05, 4.69) is 4.98 Å². The minimum absolute atomic E-state index is 0.0736. The predicted molar refractivity (Wildman–Crippen MR) is 37.0 cm³/mol. The van der Waals surface area contributed by atoms with Crippen molar-refractivity contribution in [2.24, 2.45) is 5.84 Å². The van der Waals surface area contributed by atoms with E-state index in [1.165, 1.54) is 5.01 Å². The molecule has 0 radical (unpaired) electrons. The average Bonchev–Trinajstić information content (AvgIpc) is 2.36. The zero-order valence-electron chi connectivity index (χ0n) is 5.90. The van der Waals surface area contributed by atoms with Gasteiger partial charge in [0.2, 0.25) is 0 Å². The van der Waals surface area contributed by atoms with E-state index >= 15 is 0 Å². The van der Waals surface area contributed by atoms with Gasteiger partial charge < -0.3 is 4.57 Å². The van der Waals surface area contributed by atoms with Gasteiger partial charge in [-0.15, -0.1) is 0 Å². The number of hydrazine groups is 1. The van der Waals surface area contributed by atoms with Crippen LogP contribution >= 0.6 is 0 Å². The van der Waals surface area contributed by atoms with Crippen molar-refractivity contribution < 1.29 is 4.79 Å². The summed E-state index contributed by atoms with van der Waals surface area (Å²) in [6.45, 7) is 0.720. The Morgan fingerprint density at radius 1 is 1.55 bits per heavy atom. The first-order valence-electron chi connectivity index (χ1n) is 3.32. The van der Waals surface area contributed by atoms with E-state index in [9.17, 15) is 4.79 Å². The van der Waals surface area contributed by atoms with E-state index in [0.717, 1.165) is 5.82 Å². The number of imidazole rings is 1. The molecule has 0 aliphatic carbocycles. The maximum absolute atomic E-state index is 11.0. The van der Waals surface area contributed by atoms with Gasteiger partial charge in [0.1, 0.15) is 12.4 Å². The second kappa shape index (κ2) is 2.06. The lowest BCUT2D eigenvalue weighted by Gasteiger charge is -2.22. The van der Waals surface area contributed by atoms with Crippen molar-refractivity contribution in [3.05, 3.63) is 18.2 Å². The molecule has 11 heavy (non-hydrogen) atoms. The SMILES string of the molecule is NN1Cc2nccn2CC1=O. The topological polar surface area (TPSA) is 64.2 Å². The second-order valence-electron chi connectivity index (χ2n) is 2.49. The quantitative estimate of drug-likeness (QED) is 0.387. The van der Waals surface area contributed by atoms with Gasteiger partial charge in [0, 0.05) is 12.4 Å². The molecule has 1 aromatic heterocycles. The van der Waals surface area contributed by atoms with Crippen LogP contribution in [0, 0.1) is 0 Å². The molecule has 2 N–H and O–H groups in total. The molecule has 2 heterocycles. The molecule has 0 saturated heterocycles. The van der Waals surface area contributed by atoms with Crippen LogP contribution < -0.4 is 5.84 Å². The van der Waals surface area contributed by atoms with E-state index in [0.29, 0.717) is 13.1 Å². The fourth-order valence-electron chi connectivity index (χ4n) is 1.11. The zero-order valence-corrected chi connectivity index (χ0v) is 5.90. The van der Waals surface area contributed by atoms with Gasteiger partial charge in [-0.25, -0.2) is 10.8 Å². The molecule has 1 aliphatic rings. The molecule has 1 amide bonds. The molecular formula is C6H8N4O. The number of carbonyl (C=O) groups is 1. The van der Waals surface area contributed by atoms with E-state index in [4.69, 9.17) is 5.84 Å². The Kier molecular flexibility index (Phi) is 1.19. The molecule has 2 rings (SSSR count). The summed E-state index contributed by atoms with van der Waals surface area (Å²) >= 11 is 0. The molecule has 0 spiro atoms. The molecule has 0 saturated carbocycles. The fourth-order valence-corrected chi connectivity index (χ4v) is 1.11. The molecule has 5 heteroatoms. The predicted octanol–water partition coefficient (Wildman–Crippen LogP) is -0.901. The first-order chi connectivity index (χ1) is 5.27. The number of hydrogen-bond donors (Lipinski definition) is 1. The summed E-state index contributed by atoms with van der Waals surface area (Å²) < 4.78 is 1.80. The fraction of sp³-hybridized carbons (Fsp3) is 0.333. The van der Waals surface area contributed by atoms with Crippen LogP contribution in [0.25, 0.3) is 0 Å². The third-order valence-electron chi connectivity index (χ3n) is 1.74. The summed E-state index contributed by atoms with van der Waals surface area (Å²) in [5.74, 6) is 6.15. The van der Waals surface area contributed by atoms with E-state index < -0.39 is 0 Å². The van der Waals surface area contributed by atoms with Gasteiger partial charge in [-0.05, 0) is 0 Å². The number of hydrogen-bond acceptors (Lipinski definition) is 3. The standard InChI is InChI=1S/C6H8N4O/c7-10-3-5-8-1-2-9(5)4-6(10)11/h1-2H,3-4,7H2. The highest BCUT2D eigenvalue weighted by molar-refractivity contribution is 5.76.